The second-order valence-corrected chi connectivity index (χ2v) is 12.7. The van der Waals surface area contributed by atoms with Gasteiger partial charge in [-0.25, -0.2) is 15.0 Å². The molecule has 0 saturated heterocycles. The first-order valence-corrected chi connectivity index (χ1v) is 15.8. The summed E-state index contributed by atoms with van der Waals surface area (Å²) in [6.45, 7) is 0. The minimum Gasteiger partial charge on any atom is -0.443 e. The number of aromatic nitrogens is 4. The van der Waals surface area contributed by atoms with Crippen molar-refractivity contribution in [1.29, 1.82) is 0 Å². The topological polar surface area (TPSA) is 56.2 Å². The zero-order valence-corrected chi connectivity index (χ0v) is 24.5. The molecule has 5 heterocycles. The number of para-hydroxylation sites is 2. The maximum atomic E-state index is 5.94. The quantitative estimate of drug-likeness (QED) is 0.200. The summed E-state index contributed by atoms with van der Waals surface area (Å²) in [6, 6.07) is 40.8. The van der Waals surface area contributed by atoms with Crippen molar-refractivity contribution in [1.82, 2.24) is 19.4 Å². The van der Waals surface area contributed by atoms with Gasteiger partial charge in [-0.1, -0.05) is 72.8 Å². The maximum Gasteiger partial charge on any atom is 0.182 e. The molecule has 45 heavy (non-hydrogen) atoms. The Morgan fingerprint density at radius 2 is 1.40 bits per heavy atom. The highest BCUT2D eigenvalue weighted by molar-refractivity contribution is 7.26. The van der Waals surface area contributed by atoms with E-state index in [9.17, 15) is 0 Å². The van der Waals surface area contributed by atoms with Crippen molar-refractivity contribution in [2.75, 3.05) is 0 Å². The molecule has 11 rings (SSSR count). The smallest absolute Gasteiger partial charge is 0.182 e. The first-order chi connectivity index (χ1) is 22.3. The van der Waals surface area contributed by atoms with Gasteiger partial charge < -0.3 is 8.82 Å². The van der Waals surface area contributed by atoms with Crippen LogP contribution in [0.4, 0.5) is 0 Å². The molecule has 0 aliphatic carbocycles. The fourth-order valence-corrected chi connectivity index (χ4v) is 8.58. The number of hydrogen-bond donors (Lipinski definition) is 0. The average molecular weight is 593 g/mol. The van der Waals surface area contributed by atoms with Crippen molar-refractivity contribution >= 4 is 91.6 Å². The molecule has 0 radical (unpaired) electrons. The van der Waals surface area contributed by atoms with Crippen LogP contribution >= 0.6 is 11.3 Å². The van der Waals surface area contributed by atoms with E-state index in [-0.39, 0.29) is 0 Å². The molecular formula is C39H20N4OS. The van der Waals surface area contributed by atoms with Crippen molar-refractivity contribution in [3.8, 4) is 22.6 Å². The summed E-state index contributed by atoms with van der Waals surface area (Å²) in [4.78, 5) is 15.0. The number of benzene rings is 6. The highest BCUT2D eigenvalue weighted by atomic mass is 32.1. The van der Waals surface area contributed by atoms with Crippen LogP contribution in [0.1, 0.15) is 0 Å². The summed E-state index contributed by atoms with van der Waals surface area (Å²) in [5.41, 5.74) is 9.15. The Labute approximate surface area is 259 Å². The first-order valence-electron chi connectivity index (χ1n) is 14.9. The molecule has 5 nitrogen and oxygen atoms in total. The Bertz CT molecular complexity index is 3000. The van der Waals surface area contributed by atoms with E-state index in [0.29, 0.717) is 0 Å². The van der Waals surface area contributed by atoms with Crippen molar-refractivity contribution in [2.45, 2.75) is 0 Å². The Balaban J connectivity index is 1.22. The number of fused-ring (bicyclic) bond motifs is 12. The molecule has 208 valence electrons. The normalized spacial score (nSPS) is 12.4. The van der Waals surface area contributed by atoms with Crippen LogP contribution < -0.4 is 0 Å². The van der Waals surface area contributed by atoms with Gasteiger partial charge in [-0.2, -0.15) is 0 Å². The number of rotatable bonds is 2. The van der Waals surface area contributed by atoms with E-state index in [2.05, 4.69) is 119 Å². The molecule has 11 aromatic rings. The van der Waals surface area contributed by atoms with Gasteiger partial charge in [-0.3, -0.25) is 0 Å². The summed E-state index contributed by atoms with van der Waals surface area (Å²) in [7, 11) is 0. The van der Waals surface area contributed by atoms with Crippen LogP contribution in [0, 0.1) is 0 Å². The van der Waals surface area contributed by atoms with Gasteiger partial charge in [0.15, 0.2) is 17.8 Å². The largest absolute Gasteiger partial charge is 0.443 e. The minimum atomic E-state index is 0.741. The van der Waals surface area contributed by atoms with Crippen LogP contribution in [-0.4, -0.2) is 19.4 Å². The third-order valence-corrected chi connectivity index (χ3v) is 10.5. The van der Waals surface area contributed by atoms with Gasteiger partial charge >= 0.3 is 0 Å². The zero-order chi connectivity index (χ0) is 29.2. The zero-order valence-electron chi connectivity index (χ0n) is 23.7. The van der Waals surface area contributed by atoms with E-state index in [1.807, 2.05) is 6.07 Å². The fourth-order valence-electron chi connectivity index (χ4n) is 7.36. The van der Waals surface area contributed by atoms with Crippen LogP contribution in [0.2, 0.25) is 0 Å². The van der Waals surface area contributed by atoms with Crippen LogP contribution in [-0.2, 0) is 0 Å². The van der Waals surface area contributed by atoms with Crippen molar-refractivity contribution in [3.05, 3.63) is 122 Å². The number of oxazole rings is 1. The molecule has 0 saturated carbocycles. The molecule has 0 amide bonds. The number of hydrogen-bond acceptors (Lipinski definition) is 5. The molecular weight excluding hydrogens is 573 g/mol. The lowest BCUT2D eigenvalue weighted by molar-refractivity contribution is 0.605. The van der Waals surface area contributed by atoms with E-state index in [1.165, 1.54) is 30.9 Å². The Morgan fingerprint density at radius 1 is 0.600 bits per heavy atom. The van der Waals surface area contributed by atoms with Gasteiger partial charge in [0.2, 0.25) is 0 Å². The lowest BCUT2D eigenvalue weighted by Gasteiger charge is -2.10. The third kappa shape index (κ3) is 3.04. The second-order valence-electron chi connectivity index (χ2n) is 11.6. The molecule has 0 fully saturated rings. The van der Waals surface area contributed by atoms with Gasteiger partial charge in [0.1, 0.15) is 5.52 Å². The molecule has 6 heteroatoms. The predicted molar refractivity (Wildman–Crippen MR) is 186 cm³/mol. The SMILES string of the molecule is c1ccc2c(-c3ccc4c(c3)c3cc5ncoc5c5c6ccccc6n4c35)nc(-c3cccc4c3sc3ccccc34)nc2c1. The highest BCUT2D eigenvalue weighted by Crippen LogP contribution is 2.44. The molecule has 0 N–H and O–H groups in total. The van der Waals surface area contributed by atoms with Crippen molar-refractivity contribution in [3.63, 3.8) is 0 Å². The third-order valence-electron chi connectivity index (χ3n) is 9.28. The molecule has 5 aromatic heterocycles. The van der Waals surface area contributed by atoms with E-state index >= 15 is 0 Å². The highest BCUT2D eigenvalue weighted by Gasteiger charge is 2.23. The second kappa shape index (κ2) is 8.40. The van der Waals surface area contributed by atoms with Gasteiger partial charge in [-0.15, -0.1) is 11.3 Å². The van der Waals surface area contributed by atoms with Gasteiger partial charge in [-0.05, 0) is 42.5 Å². The summed E-state index contributed by atoms with van der Waals surface area (Å²) in [6.07, 6.45) is 1.55. The van der Waals surface area contributed by atoms with Crippen LogP contribution in [0.5, 0.6) is 0 Å². The molecule has 0 aliphatic heterocycles. The molecule has 0 unspecified atom stereocenters. The van der Waals surface area contributed by atoms with E-state index < -0.39 is 0 Å². The summed E-state index contributed by atoms with van der Waals surface area (Å²) >= 11 is 1.80. The molecule has 0 bridgehead atoms. The molecule has 6 aromatic carbocycles. The summed E-state index contributed by atoms with van der Waals surface area (Å²) < 4.78 is 10.8. The van der Waals surface area contributed by atoms with Crippen molar-refractivity contribution in [2.24, 2.45) is 0 Å². The standard InChI is InChI=1S/C39H20N4OS/c1-4-13-29-24(9-1)35(42-39(41-29)26-12-7-11-23-22-8-3-6-15-33(22)45-38(23)26)21-16-17-32-27(18-21)28-19-30-37(44-20-40-30)34-25-10-2-5-14-31(25)43(32)36(28)34/h1-20H. The van der Waals surface area contributed by atoms with Crippen LogP contribution in [0.3, 0.4) is 0 Å². The van der Waals surface area contributed by atoms with Gasteiger partial charge in [0, 0.05) is 52.8 Å². The average Bonchev–Trinajstić information content (AvgIpc) is 3.86. The Hall–Kier alpha value is -5.85. The van der Waals surface area contributed by atoms with Crippen LogP contribution in [0.15, 0.2) is 126 Å². The molecule has 0 atom stereocenters. The van der Waals surface area contributed by atoms with Gasteiger partial charge in [0.25, 0.3) is 0 Å². The Kier molecular flexibility index (Phi) is 4.41. The number of nitrogens with zero attached hydrogens (tertiary/aromatic N) is 4. The monoisotopic (exact) mass is 592 g/mol. The summed E-state index contributed by atoms with van der Waals surface area (Å²) in [5.74, 6) is 0.741. The van der Waals surface area contributed by atoms with Crippen LogP contribution in [0.25, 0.3) is 103 Å². The van der Waals surface area contributed by atoms with Gasteiger partial charge in [0.05, 0.1) is 33.1 Å². The fraction of sp³-hybridized carbons (Fsp3) is 0. The predicted octanol–water partition coefficient (Wildman–Crippen LogP) is 10.6. The Morgan fingerprint density at radius 3 is 2.36 bits per heavy atom. The molecule has 0 aliphatic rings. The minimum absolute atomic E-state index is 0.741. The first kappa shape index (κ1) is 23.6. The summed E-state index contributed by atoms with van der Waals surface area (Å²) in [5, 5.41) is 8.15. The van der Waals surface area contributed by atoms with Crippen molar-refractivity contribution < 1.29 is 4.42 Å². The van der Waals surface area contributed by atoms with E-state index in [4.69, 9.17) is 14.4 Å². The molecule has 0 spiro atoms. The lowest BCUT2D eigenvalue weighted by atomic mass is 10.0. The maximum absolute atomic E-state index is 5.94. The lowest BCUT2D eigenvalue weighted by Crippen LogP contribution is -1.95. The van der Waals surface area contributed by atoms with E-state index in [0.717, 1.165) is 72.0 Å². The van der Waals surface area contributed by atoms with E-state index in [1.54, 1.807) is 17.7 Å². The number of thiophene rings is 1.